The zero-order chi connectivity index (χ0) is 20.8. The van der Waals surface area contributed by atoms with E-state index in [2.05, 4.69) is 15.3 Å². The zero-order valence-corrected chi connectivity index (χ0v) is 17.4. The standard InChI is InChI=1S/C20H22ClN3O4S/c1-20(26)13-3-4-14(20)10-15(9-13)29(27,28)17-8-12(2-5-16(17)21)19(25)24-18-6-7-22-11-23-18/h2,5-8,11,13-15,26H,3-4,9-10H2,1H3,(H,22,23,24,25)/t13-,14?,15-,20-/m0/s1. The summed E-state index contributed by atoms with van der Waals surface area (Å²) in [6, 6.07) is 5.77. The molecular weight excluding hydrogens is 414 g/mol. The number of carbonyl (C=O) groups excluding carboxylic acids is 1. The average Bonchev–Trinajstić information content (AvgIpc) is 2.86. The molecule has 29 heavy (non-hydrogen) atoms. The van der Waals surface area contributed by atoms with Crippen LogP contribution in [0.25, 0.3) is 0 Å². The van der Waals surface area contributed by atoms with Crippen molar-refractivity contribution < 1.29 is 18.3 Å². The Morgan fingerprint density at radius 3 is 2.55 bits per heavy atom. The number of carbonyl (C=O) groups is 1. The maximum absolute atomic E-state index is 13.4. The molecule has 0 saturated heterocycles. The van der Waals surface area contributed by atoms with Gasteiger partial charge in [0.2, 0.25) is 0 Å². The summed E-state index contributed by atoms with van der Waals surface area (Å²) in [7, 11) is -3.75. The maximum atomic E-state index is 13.4. The van der Waals surface area contributed by atoms with Gasteiger partial charge in [-0.25, -0.2) is 18.4 Å². The van der Waals surface area contributed by atoms with Crippen LogP contribution >= 0.6 is 11.6 Å². The second kappa shape index (κ2) is 7.34. The average molecular weight is 436 g/mol. The van der Waals surface area contributed by atoms with Crippen LogP contribution in [-0.4, -0.2) is 40.3 Å². The van der Waals surface area contributed by atoms with Crippen molar-refractivity contribution in [1.29, 1.82) is 0 Å². The van der Waals surface area contributed by atoms with Crippen molar-refractivity contribution in [2.75, 3.05) is 5.32 Å². The Labute approximate surface area is 174 Å². The van der Waals surface area contributed by atoms with Crippen molar-refractivity contribution in [1.82, 2.24) is 9.97 Å². The largest absolute Gasteiger partial charge is 0.390 e. The van der Waals surface area contributed by atoms with Crippen LogP contribution in [0.1, 0.15) is 43.0 Å². The number of hydrogen-bond donors (Lipinski definition) is 2. The van der Waals surface area contributed by atoms with Crippen LogP contribution in [0, 0.1) is 11.8 Å². The minimum Gasteiger partial charge on any atom is -0.390 e. The van der Waals surface area contributed by atoms with Gasteiger partial charge in [-0.15, -0.1) is 0 Å². The Kier molecular flexibility index (Phi) is 5.13. The Hall–Kier alpha value is -2.03. The minimum absolute atomic E-state index is 0.0379. The highest BCUT2D eigenvalue weighted by atomic mass is 35.5. The van der Waals surface area contributed by atoms with E-state index in [0.717, 1.165) is 12.8 Å². The summed E-state index contributed by atoms with van der Waals surface area (Å²) in [5, 5.41) is 12.7. The van der Waals surface area contributed by atoms with Gasteiger partial charge in [0.1, 0.15) is 12.1 Å². The lowest BCUT2D eigenvalue weighted by molar-refractivity contribution is -0.0413. The molecule has 7 nitrogen and oxygen atoms in total. The van der Waals surface area contributed by atoms with E-state index in [-0.39, 0.29) is 27.3 Å². The lowest BCUT2D eigenvalue weighted by Crippen LogP contribution is -2.45. The van der Waals surface area contributed by atoms with Gasteiger partial charge >= 0.3 is 0 Å². The number of sulfone groups is 1. The molecule has 2 N–H and O–H groups in total. The number of aromatic nitrogens is 2. The van der Waals surface area contributed by atoms with Gasteiger partial charge in [0.15, 0.2) is 9.84 Å². The van der Waals surface area contributed by atoms with Gasteiger partial charge in [0.05, 0.1) is 20.8 Å². The first-order chi connectivity index (χ1) is 13.7. The number of nitrogens with zero attached hydrogens (tertiary/aromatic N) is 2. The number of amides is 1. The van der Waals surface area contributed by atoms with Crippen molar-refractivity contribution in [3.63, 3.8) is 0 Å². The predicted octanol–water partition coefficient (Wildman–Crippen LogP) is 3.10. The second-order valence-electron chi connectivity index (χ2n) is 8.03. The Morgan fingerprint density at radius 1 is 1.24 bits per heavy atom. The van der Waals surface area contributed by atoms with Gasteiger partial charge in [0, 0.05) is 11.8 Å². The number of rotatable bonds is 4. The molecule has 1 unspecified atom stereocenters. The molecule has 0 spiro atoms. The zero-order valence-electron chi connectivity index (χ0n) is 15.9. The van der Waals surface area contributed by atoms with Crippen molar-refractivity contribution >= 4 is 33.2 Å². The van der Waals surface area contributed by atoms with Gasteiger partial charge in [0.25, 0.3) is 5.91 Å². The number of halogens is 1. The van der Waals surface area contributed by atoms with Gasteiger partial charge in [-0.2, -0.15) is 0 Å². The van der Waals surface area contributed by atoms with Crippen LogP contribution in [0.2, 0.25) is 5.02 Å². The third-order valence-electron chi connectivity index (χ3n) is 6.37. The summed E-state index contributed by atoms with van der Waals surface area (Å²) in [6.07, 6.45) is 5.27. The monoisotopic (exact) mass is 435 g/mol. The molecule has 2 fully saturated rings. The van der Waals surface area contributed by atoms with Crippen LogP contribution < -0.4 is 5.32 Å². The molecule has 1 heterocycles. The molecule has 2 bridgehead atoms. The third kappa shape index (κ3) is 3.65. The lowest BCUT2D eigenvalue weighted by atomic mass is 9.76. The normalized spacial score (nSPS) is 28.9. The fourth-order valence-electron chi connectivity index (χ4n) is 4.61. The molecule has 2 aliphatic carbocycles. The smallest absolute Gasteiger partial charge is 0.256 e. The van der Waals surface area contributed by atoms with E-state index < -0.39 is 26.6 Å². The molecule has 9 heteroatoms. The number of nitrogens with one attached hydrogen (secondary N) is 1. The van der Waals surface area contributed by atoms with E-state index in [0.29, 0.717) is 18.7 Å². The van der Waals surface area contributed by atoms with E-state index in [1.165, 1.54) is 36.8 Å². The summed E-state index contributed by atoms with van der Waals surface area (Å²) in [5.41, 5.74) is -0.632. The molecule has 2 aromatic rings. The summed E-state index contributed by atoms with van der Waals surface area (Å²) < 4.78 is 26.7. The molecule has 0 aliphatic heterocycles. The van der Waals surface area contributed by atoms with E-state index in [4.69, 9.17) is 11.6 Å². The number of fused-ring (bicyclic) bond motifs is 2. The lowest BCUT2D eigenvalue weighted by Gasteiger charge is -2.40. The minimum atomic E-state index is -3.75. The summed E-state index contributed by atoms with van der Waals surface area (Å²) in [5.74, 6) is -0.244. The molecule has 2 aliphatic rings. The predicted molar refractivity (Wildman–Crippen MR) is 108 cm³/mol. The van der Waals surface area contributed by atoms with Gasteiger partial charge < -0.3 is 10.4 Å². The first-order valence-electron chi connectivity index (χ1n) is 9.52. The van der Waals surface area contributed by atoms with E-state index in [1.807, 2.05) is 6.92 Å². The molecule has 4 rings (SSSR count). The molecule has 1 aromatic carbocycles. The first kappa shape index (κ1) is 20.3. The Bertz CT molecular complexity index is 1030. The van der Waals surface area contributed by atoms with E-state index >= 15 is 0 Å². The van der Waals surface area contributed by atoms with Gasteiger partial charge in [-0.1, -0.05) is 11.6 Å². The molecule has 1 aromatic heterocycles. The van der Waals surface area contributed by atoms with Crippen LogP contribution in [0.5, 0.6) is 0 Å². The molecule has 2 saturated carbocycles. The fourth-order valence-corrected chi connectivity index (χ4v) is 7.01. The molecule has 154 valence electrons. The van der Waals surface area contributed by atoms with Crippen molar-refractivity contribution in [2.45, 2.75) is 48.4 Å². The van der Waals surface area contributed by atoms with Crippen molar-refractivity contribution in [3.05, 3.63) is 47.4 Å². The van der Waals surface area contributed by atoms with Gasteiger partial charge in [-0.3, -0.25) is 4.79 Å². The topological polar surface area (TPSA) is 109 Å². The van der Waals surface area contributed by atoms with E-state index in [9.17, 15) is 18.3 Å². The third-order valence-corrected chi connectivity index (χ3v) is 9.03. The molecule has 0 radical (unpaired) electrons. The fraction of sp³-hybridized carbons (Fsp3) is 0.450. The highest BCUT2D eigenvalue weighted by Crippen LogP contribution is 2.51. The van der Waals surface area contributed by atoms with Crippen LogP contribution in [0.15, 0.2) is 41.7 Å². The molecular formula is C20H22ClN3O4S. The summed E-state index contributed by atoms with van der Waals surface area (Å²) in [4.78, 5) is 20.2. The van der Waals surface area contributed by atoms with Crippen LogP contribution in [-0.2, 0) is 9.84 Å². The molecule has 4 atom stereocenters. The highest BCUT2D eigenvalue weighted by Gasteiger charge is 2.53. The first-order valence-corrected chi connectivity index (χ1v) is 11.4. The number of benzene rings is 1. The van der Waals surface area contributed by atoms with Gasteiger partial charge in [-0.05, 0) is 68.7 Å². The Morgan fingerprint density at radius 2 is 1.93 bits per heavy atom. The van der Waals surface area contributed by atoms with Crippen molar-refractivity contribution in [3.8, 4) is 0 Å². The quantitative estimate of drug-likeness (QED) is 0.763. The van der Waals surface area contributed by atoms with Crippen molar-refractivity contribution in [2.24, 2.45) is 11.8 Å². The van der Waals surface area contributed by atoms with Crippen LogP contribution in [0.4, 0.5) is 5.82 Å². The Balaban J connectivity index is 1.61. The summed E-state index contributed by atoms with van der Waals surface area (Å²) in [6.45, 7) is 1.81. The number of anilines is 1. The maximum Gasteiger partial charge on any atom is 0.256 e. The molecule has 1 amide bonds. The van der Waals surface area contributed by atoms with E-state index in [1.54, 1.807) is 0 Å². The van der Waals surface area contributed by atoms with Crippen LogP contribution in [0.3, 0.4) is 0 Å². The SMILES string of the molecule is C[C@@]1(O)C2CC[C@H]1C[C@H](S(=O)(=O)c1cc(C(=O)Nc3ccncn3)ccc1Cl)C2. The number of aliphatic hydroxyl groups is 1. The number of hydrogen-bond acceptors (Lipinski definition) is 6. The summed E-state index contributed by atoms with van der Waals surface area (Å²) >= 11 is 6.23. The highest BCUT2D eigenvalue weighted by molar-refractivity contribution is 7.92. The second-order valence-corrected chi connectivity index (χ2v) is 10.6.